The number of carbonyl (C=O) groups is 1. The van der Waals surface area contributed by atoms with Gasteiger partial charge in [0, 0.05) is 80.0 Å². The van der Waals surface area contributed by atoms with Gasteiger partial charge in [-0.3, -0.25) is 9.20 Å². The molecule has 1 atom stereocenters. The van der Waals surface area contributed by atoms with E-state index in [2.05, 4.69) is 15.0 Å². The fourth-order valence-corrected chi connectivity index (χ4v) is 5.21. The van der Waals surface area contributed by atoms with E-state index in [-0.39, 0.29) is 18.4 Å². The van der Waals surface area contributed by atoms with Gasteiger partial charge in [-0.1, -0.05) is 0 Å². The number of rotatable bonds is 7. The number of likely N-dealkylation sites (tertiary alicyclic amines) is 1. The molecule has 2 N–H and O–H groups in total. The lowest BCUT2D eigenvalue weighted by Crippen LogP contribution is -2.38. The number of hydrogen-bond donors (Lipinski definition) is 1. The fourth-order valence-electron chi connectivity index (χ4n) is 5.21. The number of anilines is 1. The molecule has 1 unspecified atom stereocenters. The lowest BCUT2D eigenvalue weighted by atomic mass is 9.97. The van der Waals surface area contributed by atoms with E-state index in [9.17, 15) is 9.18 Å². The van der Waals surface area contributed by atoms with Crippen molar-refractivity contribution >= 4 is 17.2 Å². The second-order valence-corrected chi connectivity index (χ2v) is 10.3. The summed E-state index contributed by atoms with van der Waals surface area (Å²) in [6.07, 6.45) is 8.70. The van der Waals surface area contributed by atoms with E-state index in [0.717, 1.165) is 36.3 Å². The molecular weight excluding hydrogens is 537 g/mol. The molecule has 1 aliphatic rings. The van der Waals surface area contributed by atoms with Crippen molar-refractivity contribution in [1.29, 1.82) is 0 Å². The standard InChI is InChI=1S/C31H30FN7O3/c1-19-35-15-21(16-36-19)18-41-26-12-24(32)13-27(14-26)42-25-7-5-22(6-8-25)28-29-30(33)34-9-11-39(29)31(37-28)23-4-3-10-38(17-23)20(2)40/h5-9,11-16,23H,3-4,10,17-18H2,1-2H3,(H2,33,34). The minimum absolute atomic E-state index is 0.0652. The van der Waals surface area contributed by atoms with Crippen molar-refractivity contribution < 1.29 is 18.7 Å². The molecule has 0 spiro atoms. The van der Waals surface area contributed by atoms with E-state index < -0.39 is 5.82 Å². The van der Waals surface area contributed by atoms with Gasteiger partial charge in [-0.05, 0) is 44.0 Å². The topological polar surface area (TPSA) is 121 Å². The van der Waals surface area contributed by atoms with Crippen LogP contribution in [0.2, 0.25) is 0 Å². The average molecular weight is 568 g/mol. The maximum Gasteiger partial charge on any atom is 0.219 e. The third kappa shape index (κ3) is 5.71. The summed E-state index contributed by atoms with van der Waals surface area (Å²) in [4.78, 5) is 31.5. The summed E-state index contributed by atoms with van der Waals surface area (Å²) in [6.45, 7) is 4.97. The number of piperidine rings is 1. The first kappa shape index (κ1) is 27.1. The Kier molecular flexibility index (Phi) is 7.39. The minimum atomic E-state index is -0.481. The van der Waals surface area contributed by atoms with Gasteiger partial charge >= 0.3 is 0 Å². The molecule has 5 aromatic rings. The molecule has 0 radical (unpaired) electrons. The monoisotopic (exact) mass is 567 g/mol. The van der Waals surface area contributed by atoms with Crippen LogP contribution in [0.15, 0.2) is 67.3 Å². The fraction of sp³-hybridized carbons (Fsp3) is 0.258. The molecule has 1 aliphatic heterocycles. The van der Waals surface area contributed by atoms with Gasteiger partial charge in [-0.15, -0.1) is 0 Å². The number of aromatic nitrogens is 5. The number of nitrogens with two attached hydrogens (primary N) is 1. The van der Waals surface area contributed by atoms with Gasteiger partial charge in [-0.25, -0.2) is 24.3 Å². The Bertz CT molecular complexity index is 1740. The molecule has 2 aromatic carbocycles. The molecule has 4 heterocycles. The summed E-state index contributed by atoms with van der Waals surface area (Å²) in [5.74, 6) is 2.69. The molecule has 0 bridgehead atoms. The molecule has 1 amide bonds. The maximum atomic E-state index is 14.4. The first-order valence-corrected chi connectivity index (χ1v) is 13.7. The largest absolute Gasteiger partial charge is 0.489 e. The highest BCUT2D eigenvalue weighted by Crippen LogP contribution is 2.35. The van der Waals surface area contributed by atoms with Crippen molar-refractivity contribution in [2.45, 2.75) is 39.2 Å². The van der Waals surface area contributed by atoms with E-state index in [0.29, 0.717) is 46.6 Å². The van der Waals surface area contributed by atoms with Crippen LogP contribution in [0.3, 0.4) is 0 Å². The van der Waals surface area contributed by atoms with Gasteiger partial charge in [0.2, 0.25) is 5.91 Å². The highest BCUT2D eigenvalue weighted by Gasteiger charge is 2.28. The van der Waals surface area contributed by atoms with Crippen molar-refractivity contribution in [2.24, 2.45) is 0 Å². The summed E-state index contributed by atoms with van der Waals surface area (Å²) in [5, 5.41) is 0. The number of carbonyl (C=O) groups excluding carboxylic acids is 1. The van der Waals surface area contributed by atoms with E-state index >= 15 is 0 Å². The average Bonchev–Trinajstić information content (AvgIpc) is 3.38. The molecule has 6 rings (SSSR count). The van der Waals surface area contributed by atoms with Crippen molar-refractivity contribution in [3.05, 3.63) is 90.3 Å². The second kappa shape index (κ2) is 11.4. The first-order chi connectivity index (χ1) is 20.3. The van der Waals surface area contributed by atoms with Crippen LogP contribution >= 0.6 is 0 Å². The smallest absolute Gasteiger partial charge is 0.219 e. The number of imidazole rings is 1. The molecule has 3 aromatic heterocycles. The van der Waals surface area contributed by atoms with Gasteiger partial charge in [0.1, 0.15) is 58.3 Å². The second-order valence-electron chi connectivity index (χ2n) is 10.3. The zero-order valence-corrected chi connectivity index (χ0v) is 23.3. The number of nitrogen functional groups attached to an aromatic ring is 1. The Hall–Kier alpha value is -5.06. The van der Waals surface area contributed by atoms with Crippen molar-refractivity contribution in [2.75, 3.05) is 18.8 Å². The van der Waals surface area contributed by atoms with Crippen molar-refractivity contribution in [3.63, 3.8) is 0 Å². The maximum absolute atomic E-state index is 14.4. The number of nitrogens with zero attached hydrogens (tertiary/aromatic N) is 6. The Morgan fingerprint density at radius 2 is 1.83 bits per heavy atom. The number of ether oxygens (including phenoxy) is 2. The highest BCUT2D eigenvalue weighted by atomic mass is 19.1. The van der Waals surface area contributed by atoms with Crippen LogP contribution in [0.1, 0.15) is 42.9 Å². The number of fused-ring (bicyclic) bond motifs is 1. The molecule has 1 saturated heterocycles. The molecule has 1 fully saturated rings. The third-order valence-electron chi connectivity index (χ3n) is 7.29. The van der Waals surface area contributed by atoms with Crippen LogP contribution < -0.4 is 15.2 Å². The SMILES string of the molecule is CC(=O)N1CCCC(c2nc(-c3ccc(Oc4cc(F)cc(OCc5cnc(C)nc5)c4)cc3)c3c(N)nccn23)C1. The molecule has 214 valence electrons. The lowest BCUT2D eigenvalue weighted by Gasteiger charge is -2.31. The predicted molar refractivity (Wildman–Crippen MR) is 155 cm³/mol. The summed E-state index contributed by atoms with van der Waals surface area (Å²) in [5.41, 5.74) is 9.34. The Morgan fingerprint density at radius 1 is 1.07 bits per heavy atom. The summed E-state index contributed by atoms with van der Waals surface area (Å²) >= 11 is 0. The van der Waals surface area contributed by atoms with Crippen LogP contribution in [0.4, 0.5) is 10.2 Å². The van der Waals surface area contributed by atoms with Crippen LogP contribution in [0, 0.1) is 12.7 Å². The Labute approximate surface area is 242 Å². The molecular formula is C31H30FN7O3. The highest BCUT2D eigenvalue weighted by molar-refractivity contribution is 5.85. The number of hydrogen-bond acceptors (Lipinski definition) is 8. The van der Waals surface area contributed by atoms with E-state index in [1.54, 1.807) is 50.6 Å². The van der Waals surface area contributed by atoms with Gasteiger partial charge < -0.3 is 20.1 Å². The number of aryl methyl sites for hydroxylation is 1. The predicted octanol–water partition coefficient (Wildman–Crippen LogP) is 5.31. The van der Waals surface area contributed by atoms with Crippen LogP contribution in [0.5, 0.6) is 17.2 Å². The lowest BCUT2D eigenvalue weighted by molar-refractivity contribution is -0.130. The van der Waals surface area contributed by atoms with E-state index in [1.165, 1.54) is 12.1 Å². The van der Waals surface area contributed by atoms with Crippen molar-refractivity contribution in [3.8, 4) is 28.5 Å². The normalized spacial score (nSPS) is 15.1. The van der Waals surface area contributed by atoms with Gasteiger partial charge in [0.15, 0.2) is 0 Å². The van der Waals surface area contributed by atoms with E-state index in [1.807, 2.05) is 27.6 Å². The van der Waals surface area contributed by atoms with Gasteiger partial charge in [0.05, 0.1) is 0 Å². The van der Waals surface area contributed by atoms with Crippen LogP contribution in [-0.2, 0) is 11.4 Å². The Balaban J connectivity index is 1.23. The third-order valence-corrected chi connectivity index (χ3v) is 7.29. The molecule has 42 heavy (non-hydrogen) atoms. The molecule has 10 nitrogen and oxygen atoms in total. The number of amides is 1. The molecule has 0 saturated carbocycles. The molecule has 0 aliphatic carbocycles. The van der Waals surface area contributed by atoms with Crippen LogP contribution in [-0.4, -0.2) is 48.2 Å². The summed E-state index contributed by atoms with van der Waals surface area (Å²) in [7, 11) is 0. The van der Waals surface area contributed by atoms with Crippen LogP contribution in [0.25, 0.3) is 16.8 Å². The number of benzene rings is 2. The zero-order chi connectivity index (χ0) is 29.2. The summed E-state index contributed by atoms with van der Waals surface area (Å²) in [6, 6.07) is 11.6. The number of halogens is 1. The zero-order valence-electron chi connectivity index (χ0n) is 23.3. The summed E-state index contributed by atoms with van der Waals surface area (Å²) < 4.78 is 28.1. The quantitative estimate of drug-likeness (QED) is 0.281. The van der Waals surface area contributed by atoms with Gasteiger partial charge in [0.25, 0.3) is 0 Å². The van der Waals surface area contributed by atoms with Crippen molar-refractivity contribution in [1.82, 2.24) is 29.2 Å². The first-order valence-electron chi connectivity index (χ1n) is 13.7. The molecule has 11 heteroatoms. The van der Waals surface area contributed by atoms with E-state index in [4.69, 9.17) is 20.2 Å². The minimum Gasteiger partial charge on any atom is -0.489 e. The van der Waals surface area contributed by atoms with Gasteiger partial charge in [-0.2, -0.15) is 0 Å². The Morgan fingerprint density at radius 3 is 2.60 bits per heavy atom.